The van der Waals surface area contributed by atoms with E-state index in [9.17, 15) is 19.5 Å². The molecule has 1 saturated heterocycles. The van der Waals surface area contributed by atoms with Gasteiger partial charge in [0.05, 0.1) is 18.2 Å². The molecular formula is C25H33N3O6. The maximum absolute atomic E-state index is 13.5. The van der Waals surface area contributed by atoms with Crippen LogP contribution in [0.1, 0.15) is 74.8 Å². The van der Waals surface area contributed by atoms with Crippen molar-refractivity contribution in [3.05, 3.63) is 42.0 Å². The van der Waals surface area contributed by atoms with E-state index in [1.165, 1.54) is 17.0 Å². The molecule has 1 aromatic rings. The Hall–Kier alpha value is -3.36. The lowest BCUT2D eigenvalue weighted by Crippen LogP contribution is -2.57. The van der Waals surface area contributed by atoms with Gasteiger partial charge in [0.1, 0.15) is 11.4 Å². The molecule has 0 radical (unpaired) electrons. The number of hydrogen-bond acceptors (Lipinski definition) is 5. The number of allylic oxidation sites excluding steroid dienone is 1. The van der Waals surface area contributed by atoms with E-state index in [0.29, 0.717) is 24.3 Å². The number of carboxylic acids is 1. The Morgan fingerprint density at radius 1 is 1.35 bits per heavy atom. The number of carboxylic acid groups (broad SMARTS) is 1. The van der Waals surface area contributed by atoms with Crippen LogP contribution in [-0.2, 0) is 9.53 Å². The smallest absolute Gasteiger partial charge is 0.437 e. The number of unbranched alkanes of at least 4 members (excludes halogenated alkanes) is 1. The number of benzene rings is 1. The molecule has 0 aliphatic carbocycles. The maximum Gasteiger partial charge on any atom is 0.437 e. The number of amides is 2. The third-order valence-corrected chi connectivity index (χ3v) is 5.86. The highest BCUT2D eigenvalue weighted by molar-refractivity contribution is 6.03. The number of aromatic carboxylic acids is 1. The van der Waals surface area contributed by atoms with E-state index >= 15 is 0 Å². The molecule has 184 valence electrons. The van der Waals surface area contributed by atoms with Crippen molar-refractivity contribution in [2.75, 3.05) is 13.7 Å². The molecule has 1 fully saturated rings. The van der Waals surface area contributed by atoms with Crippen LogP contribution >= 0.6 is 0 Å². The molecule has 9 heteroatoms. The van der Waals surface area contributed by atoms with Gasteiger partial charge in [-0.1, -0.05) is 6.08 Å². The Kier molecular flexibility index (Phi) is 7.64. The number of fused-ring (bicyclic) bond motifs is 1. The molecule has 2 amide bonds. The second kappa shape index (κ2) is 10.3. The topological polar surface area (TPSA) is 109 Å². The maximum atomic E-state index is 13.5. The Balaban J connectivity index is 2.03. The van der Waals surface area contributed by atoms with E-state index in [-0.39, 0.29) is 29.9 Å². The summed E-state index contributed by atoms with van der Waals surface area (Å²) in [6, 6.07) is 3.95. The third kappa shape index (κ3) is 5.76. The lowest BCUT2D eigenvalue weighted by molar-refractivity contribution is -0.133. The minimum atomic E-state index is -1.07. The highest BCUT2D eigenvalue weighted by atomic mass is 16.6. The average molecular weight is 472 g/mol. The number of carbonyl (C=O) groups is 3. The number of aliphatic imine (C=N–C) groups is 1. The number of carbonyl (C=O) groups excluding carboxylic acids is 2. The zero-order valence-corrected chi connectivity index (χ0v) is 20.2. The summed E-state index contributed by atoms with van der Waals surface area (Å²) in [5, 5.41) is 9.47. The van der Waals surface area contributed by atoms with Crippen molar-refractivity contribution in [3.63, 3.8) is 0 Å². The van der Waals surface area contributed by atoms with Crippen molar-refractivity contribution >= 4 is 23.9 Å². The predicted octanol–water partition coefficient (Wildman–Crippen LogP) is 4.39. The van der Waals surface area contributed by atoms with Crippen LogP contribution in [0, 0.1) is 0 Å². The van der Waals surface area contributed by atoms with Crippen LogP contribution < -0.4 is 4.74 Å². The first kappa shape index (κ1) is 25.3. The monoisotopic (exact) mass is 471 g/mol. The summed E-state index contributed by atoms with van der Waals surface area (Å²) in [5.74, 6) is -0.532. The molecule has 2 atom stereocenters. The lowest BCUT2D eigenvalue weighted by atomic mass is 9.94. The molecule has 0 spiro atoms. The molecule has 3 rings (SSSR count). The van der Waals surface area contributed by atoms with Gasteiger partial charge < -0.3 is 19.5 Å². The van der Waals surface area contributed by atoms with Crippen molar-refractivity contribution in [3.8, 4) is 5.75 Å². The number of guanidine groups is 1. The van der Waals surface area contributed by atoms with Crippen LogP contribution in [0.15, 0.2) is 35.8 Å². The molecule has 0 bridgehead atoms. The van der Waals surface area contributed by atoms with Gasteiger partial charge in [0.2, 0.25) is 11.9 Å². The van der Waals surface area contributed by atoms with Crippen molar-refractivity contribution in [1.29, 1.82) is 0 Å². The van der Waals surface area contributed by atoms with Gasteiger partial charge in [-0.05, 0) is 58.2 Å². The zero-order chi connectivity index (χ0) is 25.0. The highest BCUT2D eigenvalue weighted by Crippen LogP contribution is 2.39. The van der Waals surface area contributed by atoms with Gasteiger partial charge in [0.15, 0.2) is 0 Å². The van der Waals surface area contributed by atoms with E-state index in [0.717, 1.165) is 19.3 Å². The Bertz CT molecular complexity index is 997. The number of ether oxygens (including phenoxy) is 2. The fourth-order valence-corrected chi connectivity index (χ4v) is 4.27. The van der Waals surface area contributed by atoms with E-state index < -0.39 is 23.7 Å². The first-order chi connectivity index (χ1) is 16.0. The van der Waals surface area contributed by atoms with Crippen LogP contribution in [0.3, 0.4) is 0 Å². The van der Waals surface area contributed by atoms with Gasteiger partial charge in [-0.2, -0.15) is 0 Å². The summed E-state index contributed by atoms with van der Waals surface area (Å²) in [5.41, 5.74) is -0.0660. The second-order valence-electron chi connectivity index (χ2n) is 9.56. The average Bonchev–Trinajstić information content (AvgIpc) is 2.75. The minimum absolute atomic E-state index is 0.0972. The molecule has 0 unspecified atom stereocenters. The number of hydrogen-bond donors (Lipinski definition) is 1. The van der Waals surface area contributed by atoms with Crippen LogP contribution in [0.4, 0.5) is 4.79 Å². The fourth-order valence-electron chi connectivity index (χ4n) is 4.27. The zero-order valence-electron chi connectivity index (χ0n) is 20.2. The van der Waals surface area contributed by atoms with Crippen LogP contribution in [0.2, 0.25) is 0 Å². The van der Waals surface area contributed by atoms with Gasteiger partial charge in [-0.25, -0.2) is 9.59 Å². The van der Waals surface area contributed by atoms with Crippen LogP contribution in [0.5, 0.6) is 5.75 Å². The van der Waals surface area contributed by atoms with Gasteiger partial charge in [0, 0.05) is 31.5 Å². The van der Waals surface area contributed by atoms with E-state index in [4.69, 9.17) is 9.47 Å². The molecule has 2 aliphatic rings. The normalized spacial score (nSPS) is 21.6. The van der Waals surface area contributed by atoms with E-state index in [1.807, 2.05) is 18.0 Å². The number of rotatable bonds is 6. The molecule has 0 saturated carbocycles. The first-order valence-electron chi connectivity index (χ1n) is 11.5. The quantitative estimate of drug-likeness (QED) is 0.484. The highest BCUT2D eigenvalue weighted by Gasteiger charge is 2.42. The molecular weight excluding hydrogens is 438 g/mol. The largest absolute Gasteiger partial charge is 0.493 e. The van der Waals surface area contributed by atoms with Crippen molar-refractivity contribution < 1.29 is 29.0 Å². The summed E-state index contributed by atoms with van der Waals surface area (Å²) < 4.78 is 11.1. The second-order valence-corrected chi connectivity index (χ2v) is 9.56. The Morgan fingerprint density at radius 3 is 2.74 bits per heavy atom. The minimum Gasteiger partial charge on any atom is -0.493 e. The molecule has 1 N–H and O–H groups in total. The summed E-state index contributed by atoms with van der Waals surface area (Å²) in [6.45, 7) is 9.35. The molecule has 1 aromatic carbocycles. The predicted molar refractivity (Wildman–Crippen MR) is 127 cm³/mol. The van der Waals surface area contributed by atoms with Gasteiger partial charge in [-0.3, -0.25) is 9.69 Å². The summed E-state index contributed by atoms with van der Waals surface area (Å²) >= 11 is 0. The van der Waals surface area contributed by atoms with Gasteiger partial charge >= 0.3 is 12.1 Å². The summed E-state index contributed by atoms with van der Waals surface area (Å²) in [4.78, 5) is 45.3. The Labute approximate surface area is 200 Å². The van der Waals surface area contributed by atoms with Crippen molar-refractivity contribution in [1.82, 2.24) is 9.80 Å². The van der Waals surface area contributed by atoms with E-state index in [2.05, 4.69) is 11.6 Å². The molecule has 9 nitrogen and oxygen atoms in total. The van der Waals surface area contributed by atoms with Crippen LogP contribution in [-0.4, -0.2) is 64.1 Å². The van der Waals surface area contributed by atoms with E-state index in [1.54, 1.807) is 26.8 Å². The third-order valence-electron chi connectivity index (χ3n) is 5.86. The van der Waals surface area contributed by atoms with Crippen LogP contribution in [0.25, 0.3) is 0 Å². The standard InChI is InChI=1S/C25H33N3O6/c1-6-7-8-9-17-15-21(29)28(23(27(17)5)26-24(32)34-25(2,3)4)19-12-13-33-20-11-10-16(22(30)31)14-18(19)20/h6,10-11,14,17,19H,1,7-9,12-13,15H2,2-5H3,(H,30,31)/t17-,19-/m1/s1. The summed E-state index contributed by atoms with van der Waals surface area (Å²) in [6.07, 6.45) is 4.16. The molecule has 2 heterocycles. The summed E-state index contributed by atoms with van der Waals surface area (Å²) in [7, 11) is 1.81. The lowest BCUT2D eigenvalue weighted by Gasteiger charge is -2.45. The SMILES string of the molecule is C=CCCC[C@@H]1CC(=O)N([C@@H]2CCOc3ccc(C(=O)O)cc32)C(=NC(=O)OC(C)(C)C)N1C. The molecule has 0 aromatic heterocycles. The van der Waals surface area contributed by atoms with Crippen molar-refractivity contribution in [2.45, 2.75) is 70.6 Å². The van der Waals surface area contributed by atoms with Gasteiger partial charge in [0.25, 0.3) is 0 Å². The fraction of sp³-hybridized carbons (Fsp3) is 0.520. The van der Waals surface area contributed by atoms with Gasteiger partial charge in [-0.15, -0.1) is 11.6 Å². The molecule has 34 heavy (non-hydrogen) atoms. The number of nitrogens with zero attached hydrogens (tertiary/aromatic N) is 3. The van der Waals surface area contributed by atoms with Crippen molar-refractivity contribution in [2.24, 2.45) is 4.99 Å². The Morgan fingerprint density at radius 2 is 2.09 bits per heavy atom. The first-order valence-corrected chi connectivity index (χ1v) is 11.5. The molecule has 2 aliphatic heterocycles.